The number of hydrogen-bond acceptors (Lipinski definition) is 5. The highest BCUT2D eigenvalue weighted by molar-refractivity contribution is 7.98. The summed E-state index contributed by atoms with van der Waals surface area (Å²) in [6, 6.07) is 13.2. The number of halogens is 2. The molecule has 0 aliphatic rings. The number of hydrogen-bond donors (Lipinski definition) is 0. The van der Waals surface area contributed by atoms with Crippen LogP contribution in [0.3, 0.4) is 0 Å². The summed E-state index contributed by atoms with van der Waals surface area (Å²) in [7, 11) is 3.99. The molecule has 3 aromatic rings. The number of amides is 1. The first-order valence-corrected chi connectivity index (χ1v) is 10.6. The number of benzene rings is 2. The van der Waals surface area contributed by atoms with E-state index in [0.717, 1.165) is 21.9 Å². The molecule has 27 heavy (non-hydrogen) atoms. The van der Waals surface area contributed by atoms with E-state index in [1.165, 1.54) is 4.90 Å². The van der Waals surface area contributed by atoms with Crippen LogP contribution in [0.4, 0.5) is 5.13 Å². The molecule has 144 valence electrons. The highest BCUT2D eigenvalue weighted by Crippen LogP contribution is 2.32. The number of aromatic nitrogens is 1. The van der Waals surface area contributed by atoms with Gasteiger partial charge in [0.2, 0.25) is 0 Å². The van der Waals surface area contributed by atoms with E-state index >= 15 is 0 Å². The van der Waals surface area contributed by atoms with Crippen LogP contribution in [0, 0.1) is 0 Å². The van der Waals surface area contributed by atoms with E-state index in [9.17, 15) is 4.79 Å². The number of rotatable bonds is 6. The molecule has 4 nitrogen and oxygen atoms in total. The van der Waals surface area contributed by atoms with Crippen molar-refractivity contribution in [3.05, 3.63) is 53.1 Å². The lowest BCUT2D eigenvalue weighted by Crippen LogP contribution is -2.36. The molecule has 0 fully saturated rings. The van der Waals surface area contributed by atoms with Gasteiger partial charge in [0, 0.05) is 28.6 Å². The number of anilines is 1. The molecule has 0 atom stereocenters. The third-order valence-electron chi connectivity index (χ3n) is 3.92. The highest BCUT2D eigenvalue weighted by Gasteiger charge is 2.21. The Labute approximate surface area is 178 Å². The summed E-state index contributed by atoms with van der Waals surface area (Å²) in [5.41, 5.74) is 1.53. The fourth-order valence-corrected chi connectivity index (χ4v) is 4.14. The van der Waals surface area contributed by atoms with E-state index in [1.54, 1.807) is 52.3 Å². The number of thiazole rings is 1. The van der Waals surface area contributed by atoms with Crippen molar-refractivity contribution in [3.8, 4) is 0 Å². The number of fused-ring (bicyclic) bond motifs is 1. The summed E-state index contributed by atoms with van der Waals surface area (Å²) in [5, 5.41) is 1.34. The standard InChI is InChI=1S/C19H20ClN3OS2.ClH/c1-22(2)10-11-23(18(24)13-4-6-14(20)7-5-13)19-21-16-9-8-15(25-3)12-17(16)26-19;/h4-9,12H,10-11H2,1-3H3;1H. The van der Waals surface area contributed by atoms with Gasteiger partial charge in [-0.1, -0.05) is 22.9 Å². The summed E-state index contributed by atoms with van der Waals surface area (Å²) in [4.78, 5) is 22.8. The molecule has 1 amide bonds. The molecule has 0 radical (unpaired) electrons. The normalized spacial score (nSPS) is 10.9. The Hall–Kier alpha value is -1.31. The monoisotopic (exact) mass is 441 g/mol. The van der Waals surface area contributed by atoms with Gasteiger partial charge in [-0.15, -0.1) is 24.2 Å². The van der Waals surface area contributed by atoms with Crippen molar-refractivity contribution in [1.29, 1.82) is 0 Å². The molecule has 0 saturated carbocycles. The third-order valence-corrected chi connectivity index (χ3v) is 5.94. The Morgan fingerprint density at radius 3 is 2.48 bits per heavy atom. The Balaban J connectivity index is 0.00000261. The molecule has 0 aliphatic carbocycles. The van der Waals surface area contributed by atoms with Crippen LogP contribution in [-0.2, 0) is 0 Å². The lowest BCUT2D eigenvalue weighted by molar-refractivity contribution is 0.0985. The molecule has 0 spiro atoms. The van der Waals surface area contributed by atoms with E-state index in [1.807, 2.05) is 20.2 Å². The van der Waals surface area contributed by atoms with E-state index in [-0.39, 0.29) is 18.3 Å². The predicted octanol–water partition coefficient (Wildman–Crippen LogP) is 5.30. The van der Waals surface area contributed by atoms with Crippen molar-refractivity contribution in [2.75, 3.05) is 38.3 Å². The van der Waals surface area contributed by atoms with Crippen molar-refractivity contribution in [2.45, 2.75) is 4.90 Å². The highest BCUT2D eigenvalue weighted by atomic mass is 35.5. The average Bonchev–Trinajstić information content (AvgIpc) is 3.04. The zero-order valence-corrected chi connectivity index (χ0v) is 18.5. The second-order valence-electron chi connectivity index (χ2n) is 6.10. The molecule has 2 aromatic carbocycles. The molecule has 1 aromatic heterocycles. The van der Waals surface area contributed by atoms with Crippen LogP contribution in [0.15, 0.2) is 47.4 Å². The molecule has 0 N–H and O–H groups in total. The minimum atomic E-state index is -0.0623. The molecule has 1 heterocycles. The van der Waals surface area contributed by atoms with Gasteiger partial charge in [0.05, 0.1) is 10.2 Å². The van der Waals surface area contributed by atoms with Crippen molar-refractivity contribution in [3.63, 3.8) is 0 Å². The summed E-state index contributed by atoms with van der Waals surface area (Å²) < 4.78 is 1.09. The molecular formula is C19H21Cl2N3OS2. The zero-order valence-electron chi connectivity index (χ0n) is 15.3. The smallest absolute Gasteiger partial charge is 0.260 e. The Morgan fingerprint density at radius 2 is 1.85 bits per heavy atom. The number of thioether (sulfide) groups is 1. The Bertz CT molecular complexity index is 913. The van der Waals surface area contributed by atoms with Gasteiger partial charge >= 0.3 is 0 Å². The molecule has 0 unspecified atom stereocenters. The topological polar surface area (TPSA) is 36.4 Å². The second-order valence-corrected chi connectivity index (χ2v) is 8.42. The first-order chi connectivity index (χ1) is 12.5. The van der Waals surface area contributed by atoms with Gasteiger partial charge in [-0.3, -0.25) is 9.69 Å². The van der Waals surface area contributed by atoms with Crippen LogP contribution in [0.5, 0.6) is 0 Å². The molecule has 8 heteroatoms. The summed E-state index contributed by atoms with van der Waals surface area (Å²) in [5.74, 6) is -0.0623. The summed E-state index contributed by atoms with van der Waals surface area (Å²) in [6.45, 7) is 1.33. The molecule has 3 rings (SSSR count). The van der Waals surface area contributed by atoms with Crippen LogP contribution in [0.2, 0.25) is 5.02 Å². The molecule has 0 bridgehead atoms. The lowest BCUT2D eigenvalue weighted by Gasteiger charge is -2.22. The van der Waals surface area contributed by atoms with Crippen LogP contribution >= 0.6 is 47.1 Å². The van der Waals surface area contributed by atoms with Crippen LogP contribution in [0.25, 0.3) is 10.2 Å². The van der Waals surface area contributed by atoms with E-state index in [4.69, 9.17) is 16.6 Å². The quantitative estimate of drug-likeness (QED) is 0.486. The lowest BCUT2D eigenvalue weighted by atomic mass is 10.2. The number of nitrogens with zero attached hydrogens (tertiary/aromatic N) is 3. The van der Waals surface area contributed by atoms with Gasteiger partial charge in [0.1, 0.15) is 0 Å². The van der Waals surface area contributed by atoms with Crippen molar-refractivity contribution < 1.29 is 4.79 Å². The summed E-state index contributed by atoms with van der Waals surface area (Å²) >= 11 is 9.20. The Morgan fingerprint density at radius 1 is 1.15 bits per heavy atom. The van der Waals surface area contributed by atoms with E-state index in [0.29, 0.717) is 17.1 Å². The maximum absolute atomic E-state index is 13.1. The van der Waals surface area contributed by atoms with Crippen molar-refractivity contribution in [2.24, 2.45) is 0 Å². The van der Waals surface area contributed by atoms with Gasteiger partial charge in [-0.05, 0) is 62.8 Å². The first-order valence-electron chi connectivity index (χ1n) is 8.14. The van der Waals surface area contributed by atoms with Crippen LogP contribution in [-0.4, -0.2) is 49.2 Å². The van der Waals surface area contributed by atoms with Gasteiger partial charge in [0.25, 0.3) is 5.91 Å². The predicted molar refractivity (Wildman–Crippen MR) is 120 cm³/mol. The molecular weight excluding hydrogens is 421 g/mol. The maximum Gasteiger partial charge on any atom is 0.260 e. The van der Waals surface area contributed by atoms with E-state index < -0.39 is 0 Å². The van der Waals surface area contributed by atoms with Gasteiger partial charge < -0.3 is 4.90 Å². The minimum Gasteiger partial charge on any atom is -0.308 e. The third kappa shape index (κ3) is 5.36. The number of likely N-dealkylation sites (N-methyl/N-ethyl adjacent to an activating group) is 1. The maximum atomic E-state index is 13.1. The SMILES string of the molecule is CSc1ccc2nc(N(CCN(C)C)C(=O)c3ccc(Cl)cc3)sc2c1.Cl. The summed E-state index contributed by atoms with van der Waals surface area (Å²) in [6.07, 6.45) is 2.05. The fourth-order valence-electron chi connectivity index (χ4n) is 2.47. The molecule has 0 aliphatic heterocycles. The Kier molecular flexibility index (Phi) is 7.94. The first kappa shape index (κ1) is 22.0. The van der Waals surface area contributed by atoms with Crippen molar-refractivity contribution in [1.82, 2.24) is 9.88 Å². The second kappa shape index (κ2) is 9.75. The fraction of sp³-hybridized carbons (Fsp3) is 0.263. The molecule has 0 saturated heterocycles. The van der Waals surface area contributed by atoms with Crippen LogP contribution in [0.1, 0.15) is 10.4 Å². The zero-order chi connectivity index (χ0) is 18.7. The van der Waals surface area contributed by atoms with Crippen LogP contribution < -0.4 is 4.90 Å². The average molecular weight is 442 g/mol. The van der Waals surface area contributed by atoms with E-state index in [2.05, 4.69) is 23.3 Å². The number of carbonyl (C=O) groups is 1. The minimum absolute atomic E-state index is 0. The van der Waals surface area contributed by atoms with Crippen molar-refractivity contribution >= 4 is 68.4 Å². The van der Waals surface area contributed by atoms with Gasteiger partial charge in [-0.2, -0.15) is 0 Å². The largest absolute Gasteiger partial charge is 0.308 e. The van der Waals surface area contributed by atoms with Gasteiger partial charge in [-0.25, -0.2) is 4.98 Å². The number of carbonyl (C=O) groups excluding carboxylic acids is 1. The van der Waals surface area contributed by atoms with Gasteiger partial charge in [0.15, 0.2) is 5.13 Å².